The van der Waals surface area contributed by atoms with Gasteiger partial charge < -0.3 is 14.6 Å². The molecular formula is C20H23NO4. The average molecular weight is 341 g/mol. The highest BCUT2D eigenvalue weighted by Gasteiger charge is 2.44. The summed E-state index contributed by atoms with van der Waals surface area (Å²) >= 11 is 0. The van der Waals surface area contributed by atoms with Crippen molar-refractivity contribution in [3.8, 4) is 11.6 Å². The van der Waals surface area contributed by atoms with Crippen molar-refractivity contribution >= 4 is 5.97 Å². The van der Waals surface area contributed by atoms with Crippen molar-refractivity contribution in [2.24, 2.45) is 5.41 Å². The lowest BCUT2D eigenvalue weighted by Crippen LogP contribution is -2.21. The van der Waals surface area contributed by atoms with Crippen LogP contribution >= 0.6 is 0 Å². The summed E-state index contributed by atoms with van der Waals surface area (Å²) in [6.07, 6.45) is 4.04. The van der Waals surface area contributed by atoms with E-state index < -0.39 is 5.97 Å². The molecule has 1 aromatic heterocycles. The number of carboxylic acid groups (broad SMARTS) is 1. The molecule has 1 aliphatic rings. The van der Waals surface area contributed by atoms with E-state index in [4.69, 9.17) is 14.6 Å². The predicted molar refractivity (Wildman–Crippen MR) is 94.0 cm³/mol. The second-order valence-electron chi connectivity index (χ2n) is 6.81. The van der Waals surface area contributed by atoms with Gasteiger partial charge in [-0.05, 0) is 42.5 Å². The Balaban J connectivity index is 1.49. The van der Waals surface area contributed by atoms with Gasteiger partial charge in [0.1, 0.15) is 5.75 Å². The summed E-state index contributed by atoms with van der Waals surface area (Å²) in [6.45, 7) is 3.14. The van der Waals surface area contributed by atoms with Crippen molar-refractivity contribution < 1.29 is 19.4 Å². The zero-order valence-corrected chi connectivity index (χ0v) is 14.4. The average Bonchev–Trinajstić information content (AvgIpc) is 3.39. The molecule has 1 unspecified atom stereocenters. The lowest BCUT2D eigenvalue weighted by molar-refractivity contribution is -0.137. The van der Waals surface area contributed by atoms with Crippen LogP contribution in [-0.4, -0.2) is 29.3 Å². The molecule has 0 saturated heterocycles. The summed E-state index contributed by atoms with van der Waals surface area (Å²) < 4.78 is 11.7. The molecule has 0 amide bonds. The predicted octanol–water partition coefficient (Wildman–Crippen LogP) is 3.90. The van der Waals surface area contributed by atoms with Crippen LogP contribution in [0.4, 0.5) is 0 Å². The Labute approximate surface area is 147 Å². The van der Waals surface area contributed by atoms with Gasteiger partial charge in [0.05, 0.1) is 19.6 Å². The van der Waals surface area contributed by atoms with E-state index in [0.717, 1.165) is 24.2 Å². The quantitative estimate of drug-likeness (QED) is 0.749. The number of nitrogens with zero attached hydrogens (tertiary/aromatic N) is 1. The highest BCUT2D eigenvalue weighted by Crippen LogP contribution is 2.46. The molecule has 132 valence electrons. The van der Waals surface area contributed by atoms with E-state index in [1.807, 2.05) is 49.4 Å². The summed E-state index contributed by atoms with van der Waals surface area (Å²) in [4.78, 5) is 15.0. The number of benzene rings is 1. The van der Waals surface area contributed by atoms with E-state index in [1.165, 1.54) is 0 Å². The summed E-state index contributed by atoms with van der Waals surface area (Å²) in [5.41, 5.74) is 1.08. The number of hydrogen-bond donors (Lipinski definition) is 1. The fraction of sp³-hybridized carbons (Fsp3) is 0.400. The Morgan fingerprint density at radius 3 is 2.48 bits per heavy atom. The van der Waals surface area contributed by atoms with Crippen molar-refractivity contribution in [1.82, 2.24) is 4.98 Å². The first-order valence-electron chi connectivity index (χ1n) is 8.55. The van der Waals surface area contributed by atoms with Crippen molar-refractivity contribution in [2.45, 2.75) is 32.1 Å². The topological polar surface area (TPSA) is 68.7 Å². The molecule has 2 aromatic rings. The molecule has 1 aromatic carbocycles. The molecule has 1 heterocycles. The molecule has 0 radical (unpaired) electrons. The van der Waals surface area contributed by atoms with Crippen LogP contribution in [0.2, 0.25) is 0 Å². The lowest BCUT2D eigenvalue weighted by Gasteiger charge is -2.17. The minimum atomic E-state index is -0.781. The maximum atomic E-state index is 10.8. The van der Waals surface area contributed by atoms with Crippen molar-refractivity contribution in [3.05, 3.63) is 54.2 Å². The van der Waals surface area contributed by atoms with Crippen molar-refractivity contribution in [3.63, 3.8) is 0 Å². The second kappa shape index (κ2) is 7.55. The fourth-order valence-corrected chi connectivity index (χ4v) is 2.68. The summed E-state index contributed by atoms with van der Waals surface area (Å²) in [5.74, 6) is 0.658. The highest BCUT2D eigenvalue weighted by molar-refractivity contribution is 5.67. The Morgan fingerprint density at radius 1 is 1.16 bits per heavy atom. The van der Waals surface area contributed by atoms with E-state index in [9.17, 15) is 4.79 Å². The van der Waals surface area contributed by atoms with Crippen LogP contribution in [0.15, 0.2) is 48.7 Å². The van der Waals surface area contributed by atoms with Crippen LogP contribution in [0, 0.1) is 5.41 Å². The molecule has 5 heteroatoms. The third-order valence-corrected chi connectivity index (χ3v) is 4.60. The van der Waals surface area contributed by atoms with Gasteiger partial charge in [-0.1, -0.05) is 25.1 Å². The van der Waals surface area contributed by atoms with Gasteiger partial charge in [0.2, 0.25) is 5.88 Å². The molecule has 0 aliphatic heterocycles. The monoisotopic (exact) mass is 341 g/mol. The molecular weight excluding hydrogens is 318 g/mol. The van der Waals surface area contributed by atoms with Crippen molar-refractivity contribution in [2.75, 3.05) is 13.2 Å². The van der Waals surface area contributed by atoms with Crippen LogP contribution in [0.5, 0.6) is 11.6 Å². The Bertz CT molecular complexity index is 695. The van der Waals surface area contributed by atoms with Crippen LogP contribution in [0.25, 0.3) is 0 Å². The van der Waals surface area contributed by atoms with E-state index >= 15 is 0 Å². The Morgan fingerprint density at radius 2 is 1.88 bits per heavy atom. The van der Waals surface area contributed by atoms with Gasteiger partial charge in [-0.3, -0.25) is 4.79 Å². The van der Waals surface area contributed by atoms with E-state index in [-0.39, 0.29) is 17.8 Å². The maximum absolute atomic E-state index is 10.8. The second-order valence-corrected chi connectivity index (χ2v) is 6.81. The molecule has 5 nitrogen and oxygen atoms in total. The number of aromatic nitrogens is 1. The minimum Gasteiger partial charge on any atom is -0.493 e. The summed E-state index contributed by atoms with van der Waals surface area (Å²) in [7, 11) is 0. The first-order valence-corrected chi connectivity index (χ1v) is 8.55. The summed E-state index contributed by atoms with van der Waals surface area (Å²) in [5, 5.41) is 8.87. The van der Waals surface area contributed by atoms with Gasteiger partial charge in [0.25, 0.3) is 0 Å². The molecule has 25 heavy (non-hydrogen) atoms. The number of hydrogen-bond acceptors (Lipinski definition) is 4. The van der Waals surface area contributed by atoms with E-state index in [0.29, 0.717) is 19.1 Å². The van der Waals surface area contributed by atoms with Gasteiger partial charge >= 0.3 is 5.97 Å². The number of rotatable bonds is 9. The van der Waals surface area contributed by atoms with Gasteiger partial charge in [-0.25, -0.2) is 4.98 Å². The Kier molecular flexibility index (Phi) is 5.22. The van der Waals surface area contributed by atoms with E-state index in [1.54, 1.807) is 6.20 Å². The number of carboxylic acids is 1. The maximum Gasteiger partial charge on any atom is 0.303 e. The minimum absolute atomic E-state index is 0.00639. The van der Waals surface area contributed by atoms with Gasteiger partial charge in [0, 0.05) is 17.7 Å². The molecule has 1 aliphatic carbocycles. The number of aliphatic carboxylic acids is 1. The highest BCUT2D eigenvalue weighted by atomic mass is 16.5. The van der Waals surface area contributed by atoms with Crippen LogP contribution in [0.1, 0.15) is 37.7 Å². The molecule has 0 spiro atoms. The smallest absolute Gasteiger partial charge is 0.303 e. The third-order valence-electron chi connectivity index (χ3n) is 4.60. The van der Waals surface area contributed by atoms with Crippen LogP contribution < -0.4 is 9.47 Å². The normalized spacial score (nSPS) is 16.0. The lowest BCUT2D eigenvalue weighted by atomic mass is 9.98. The zero-order chi connectivity index (χ0) is 17.7. The molecule has 1 fully saturated rings. The van der Waals surface area contributed by atoms with Crippen LogP contribution in [0.3, 0.4) is 0 Å². The number of pyridine rings is 1. The van der Waals surface area contributed by atoms with Gasteiger partial charge in [-0.15, -0.1) is 0 Å². The molecule has 1 saturated carbocycles. The Hall–Kier alpha value is -2.56. The largest absolute Gasteiger partial charge is 0.493 e. The van der Waals surface area contributed by atoms with Crippen molar-refractivity contribution in [1.29, 1.82) is 0 Å². The number of carbonyl (C=O) groups is 1. The molecule has 1 atom stereocenters. The molecule has 3 rings (SSSR count). The first kappa shape index (κ1) is 17.3. The third kappa shape index (κ3) is 4.95. The molecule has 1 N–H and O–H groups in total. The number of ether oxygens (including phenoxy) is 2. The summed E-state index contributed by atoms with van der Waals surface area (Å²) in [6, 6.07) is 13.3. The fourth-order valence-electron chi connectivity index (χ4n) is 2.68. The van der Waals surface area contributed by atoms with E-state index in [2.05, 4.69) is 4.98 Å². The zero-order valence-electron chi connectivity index (χ0n) is 14.4. The SMILES string of the molecule is CC(CC(=O)O)c1ccc(OCC2(COc3ccccn3)CC2)cc1. The first-order chi connectivity index (χ1) is 12.1. The standard InChI is InChI=1S/C20H23NO4/c1-15(12-19(22)23)16-5-7-17(8-6-16)24-13-20(9-10-20)14-25-18-4-2-3-11-21-18/h2-8,11,15H,9-10,12-14H2,1H3,(H,22,23). The van der Waals surface area contributed by atoms with Gasteiger partial charge in [-0.2, -0.15) is 0 Å². The van der Waals surface area contributed by atoms with Crippen LogP contribution in [-0.2, 0) is 4.79 Å². The molecule has 0 bridgehead atoms. The van der Waals surface area contributed by atoms with Gasteiger partial charge in [0.15, 0.2) is 0 Å².